The predicted octanol–water partition coefficient (Wildman–Crippen LogP) is 0.0933. The molecule has 0 unspecified atom stereocenters. The molecule has 1 N–H and O–H groups in total. The number of piperazine rings is 1. The van der Waals surface area contributed by atoms with E-state index in [1.165, 1.54) is 12.8 Å². The zero-order valence-corrected chi connectivity index (χ0v) is 9.60. The normalized spacial score (nSPS) is 22.5. The molecule has 0 amide bonds. The molecule has 0 radical (unpaired) electrons. The minimum atomic E-state index is 0.869. The SMILES string of the molecule is c1c(CN2CCNCC2)nnn1CC1CC1. The maximum atomic E-state index is 4.24. The van der Waals surface area contributed by atoms with Crippen molar-refractivity contribution in [2.24, 2.45) is 5.92 Å². The first-order chi connectivity index (χ1) is 7.90. The highest BCUT2D eigenvalue weighted by Gasteiger charge is 2.22. The van der Waals surface area contributed by atoms with Crippen molar-refractivity contribution in [2.75, 3.05) is 26.2 Å². The zero-order chi connectivity index (χ0) is 10.8. The lowest BCUT2D eigenvalue weighted by Gasteiger charge is -2.25. The van der Waals surface area contributed by atoms with Crippen molar-refractivity contribution in [1.82, 2.24) is 25.2 Å². The molecule has 1 aromatic rings. The van der Waals surface area contributed by atoms with Crippen molar-refractivity contribution in [3.63, 3.8) is 0 Å². The van der Waals surface area contributed by atoms with E-state index in [1.54, 1.807) is 0 Å². The summed E-state index contributed by atoms with van der Waals surface area (Å²) in [6.45, 7) is 6.44. The minimum Gasteiger partial charge on any atom is -0.314 e. The first-order valence-electron chi connectivity index (χ1n) is 6.22. The maximum absolute atomic E-state index is 4.24. The van der Waals surface area contributed by atoms with Crippen molar-refractivity contribution in [3.8, 4) is 0 Å². The molecular weight excluding hydrogens is 202 g/mol. The second-order valence-electron chi connectivity index (χ2n) is 4.90. The highest BCUT2D eigenvalue weighted by Crippen LogP contribution is 2.30. The molecule has 5 heteroatoms. The Hall–Kier alpha value is -0.940. The third-order valence-corrected chi connectivity index (χ3v) is 3.32. The van der Waals surface area contributed by atoms with Crippen LogP contribution in [0.2, 0.25) is 0 Å². The van der Waals surface area contributed by atoms with Gasteiger partial charge in [0.2, 0.25) is 0 Å². The van der Waals surface area contributed by atoms with Gasteiger partial charge in [0.15, 0.2) is 0 Å². The molecule has 1 aliphatic carbocycles. The highest BCUT2D eigenvalue weighted by molar-refractivity contribution is 4.93. The van der Waals surface area contributed by atoms with E-state index in [9.17, 15) is 0 Å². The summed E-state index contributed by atoms with van der Waals surface area (Å²) in [7, 11) is 0. The first kappa shape index (κ1) is 10.2. The molecule has 88 valence electrons. The summed E-state index contributed by atoms with van der Waals surface area (Å²) in [6.07, 6.45) is 4.85. The Morgan fingerprint density at radius 1 is 1.31 bits per heavy atom. The molecule has 1 saturated heterocycles. The molecule has 0 atom stereocenters. The Balaban J connectivity index is 1.54. The highest BCUT2D eigenvalue weighted by atomic mass is 15.4. The smallest absolute Gasteiger partial charge is 0.0967 e. The quantitative estimate of drug-likeness (QED) is 0.783. The van der Waals surface area contributed by atoms with Gasteiger partial charge in [0.05, 0.1) is 5.69 Å². The lowest BCUT2D eigenvalue weighted by atomic mass is 10.3. The predicted molar refractivity (Wildman–Crippen MR) is 60.9 cm³/mol. The van der Waals surface area contributed by atoms with Crippen LogP contribution in [-0.4, -0.2) is 46.1 Å². The van der Waals surface area contributed by atoms with Crippen molar-refractivity contribution in [3.05, 3.63) is 11.9 Å². The number of nitrogens with zero attached hydrogens (tertiary/aromatic N) is 4. The first-order valence-corrected chi connectivity index (χ1v) is 6.22. The van der Waals surface area contributed by atoms with Gasteiger partial charge in [0.25, 0.3) is 0 Å². The van der Waals surface area contributed by atoms with Crippen LogP contribution >= 0.6 is 0 Å². The van der Waals surface area contributed by atoms with Gasteiger partial charge in [-0.3, -0.25) is 9.58 Å². The summed E-state index contributed by atoms with van der Waals surface area (Å²) in [5.41, 5.74) is 1.11. The molecule has 0 spiro atoms. The van der Waals surface area contributed by atoms with E-state index in [4.69, 9.17) is 0 Å². The molecule has 2 aliphatic rings. The molecule has 1 aliphatic heterocycles. The molecular formula is C11H19N5. The Kier molecular flexibility index (Phi) is 2.88. The molecule has 5 nitrogen and oxygen atoms in total. The van der Waals surface area contributed by atoms with Gasteiger partial charge in [-0.15, -0.1) is 5.10 Å². The number of hydrogen-bond acceptors (Lipinski definition) is 4. The summed E-state index contributed by atoms with van der Waals surface area (Å²) < 4.78 is 2.01. The summed E-state index contributed by atoms with van der Waals surface area (Å²) in [5.74, 6) is 0.869. The average Bonchev–Trinajstić information content (AvgIpc) is 3.01. The standard InChI is InChI=1S/C11H19N5/c1-2-10(1)7-16-9-11(13-14-16)8-15-5-3-12-4-6-15/h9-10,12H,1-8H2. The van der Waals surface area contributed by atoms with Crippen LogP contribution in [0.3, 0.4) is 0 Å². The van der Waals surface area contributed by atoms with E-state index in [-0.39, 0.29) is 0 Å². The van der Waals surface area contributed by atoms with Crippen LogP contribution < -0.4 is 5.32 Å². The number of hydrogen-bond donors (Lipinski definition) is 1. The molecule has 1 aromatic heterocycles. The van der Waals surface area contributed by atoms with Gasteiger partial charge in [-0.1, -0.05) is 5.21 Å². The molecule has 0 aromatic carbocycles. The lowest BCUT2D eigenvalue weighted by Crippen LogP contribution is -2.42. The van der Waals surface area contributed by atoms with Crippen LogP contribution in [0.4, 0.5) is 0 Å². The molecule has 16 heavy (non-hydrogen) atoms. The Labute approximate surface area is 95.8 Å². The van der Waals surface area contributed by atoms with Crippen LogP contribution in [-0.2, 0) is 13.1 Å². The van der Waals surface area contributed by atoms with E-state index < -0.39 is 0 Å². The summed E-state index contributed by atoms with van der Waals surface area (Å²) in [4.78, 5) is 2.43. The Morgan fingerprint density at radius 3 is 2.88 bits per heavy atom. The van der Waals surface area contributed by atoms with Crippen LogP contribution in [0.15, 0.2) is 6.20 Å². The van der Waals surface area contributed by atoms with Crippen LogP contribution in [0.1, 0.15) is 18.5 Å². The van der Waals surface area contributed by atoms with Crippen LogP contribution in [0.5, 0.6) is 0 Å². The van der Waals surface area contributed by atoms with Crippen molar-refractivity contribution < 1.29 is 0 Å². The van der Waals surface area contributed by atoms with Gasteiger partial charge in [-0.25, -0.2) is 0 Å². The molecule has 0 bridgehead atoms. The van der Waals surface area contributed by atoms with Crippen LogP contribution in [0, 0.1) is 5.92 Å². The number of nitrogens with one attached hydrogen (secondary N) is 1. The molecule has 1 saturated carbocycles. The van der Waals surface area contributed by atoms with Gasteiger partial charge in [-0.05, 0) is 18.8 Å². The second-order valence-corrected chi connectivity index (χ2v) is 4.90. The fourth-order valence-corrected chi connectivity index (χ4v) is 2.16. The second kappa shape index (κ2) is 4.51. The third kappa shape index (κ3) is 2.59. The minimum absolute atomic E-state index is 0.869. The monoisotopic (exact) mass is 221 g/mol. The fourth-order valence-electron chi connectivity index (χ4n) is 2.16. The van der Waals surface area contributed by atoms with E-state index in [0.717, 1.165) is 50.9 Å². The summed E-state index contributed by atoms with van der Waals surface area (Å²) in [5, 5.41) is 11.8. The van der Waals surface area contributed by atoms with Gasteiger partial charge in [0.1, 0.15) is 0 Å². The van der Waals surface area contributed by atoms with Crippen molar-refractivity contribution >= 4 is 0 Å². The molecule has 2 heterocycles. The fraction of sp³-hybridized carbons (Fsp3) is 0.818. The summed E-state index contributed by atoms with van der Waals surface area (Å²) >= 11 is 0. The zero-order valence-electron chi connectivity index (χ0n) is 9.60. The van der Waals surface area contributed by atoms with Crippen LogP contribution in [0.25, 0.3) is 0 Å². The maximum Gasteiger partial charge on any atom is 0.0967 e. The molecule has 3 rings (SSSR count). The third-order valence-electron chi connectivity index (χ3n) is 3.32. The van der Waals surface area contributed by atoms with Gasteiger partial charge in [-0.2, -0.15) is 0 Å². The Bertz CT molecular complexity index is 338. The van der Waals surface area contributed by atoms with Crippen molar-refractivity contribution in [1.29, 1.82) is 0 Å². The van der Waals surface area contributed by atoms with Gasteiger partial charge >= 0.3 is 0 Å². The van der Waals surface area contributed by atoms with E-state index in [1.807, 2.05) is 4.68 Å². The molecule has 2 fully saturated rings. The topological polar surface area (TPSA) is 46.0 Å². The lowest BCUT2D eigenvalue weighted by molar-refractivity contribution is 0.230. The van der Waals surface area contributed by atoms with E-state index in [2.05, 4.69) is 26.7 Å². The van der Waals surface area contributed by atoms with Gasteiger partial charge < -0.3 is 5.32 Å². The Morgan fingerprint density at radius 2 is 2.12 bits per heavy atom. The number of aromatic nitrogens is 3. The van der Waals surface area contributed by atoms with E-state index in [0.29, 0.717) is 0 Å². The largest absolute Gasteiger partial charge is 0.314 e. The number of rotatable bonds is 4. The van der Waals surface area contributed by atoms with E-state index >= 15 is 0 Å². The average molecular weight is 221 g/mol. The summed E-state index contributed by atoms with van der Waals surface area (Å²) in [6, 6.07) is 0. The van der Waals surface area contributed by atoms with Crippen molar-refractivity contribution in [2.45, 2.75) is 25.9 Å². The van der Waals surface area contributed by atoms with Gasteiger partial charge in [0, 0.05) is 45.5 Å².